The van der Waals surface area contributed by atoms with E-state index in [1.54, 1.807) is 31.4 Å². The maximum atomic E-state index is 12.8. The summed E-state index contributed by atoms with van der Waals surface area (Å²) in [4.78, 5) is 29.7. The lowest BCUT2D eigenvalue weighted by Gasteiger charge is -2.06. The molecule has 0 radical (unpaired) electrons. The summed E-state index contributed by atoms with van der Waals surface area (Å²) in [6, 6.07) is 18.2. The molecule has 156 valence electrons. The Morgan fingerprint density at radius 1 is 0.935 bits per heavy atom. The van der Waals surface area contributed by atoms with E-state index >= 15 is 0 Å². The van der Waals surface area contributed by atoms with E-state index in [2.05, 4.69) is 15.6 Å². The molecule has 7 nitrogen and oxygen atoms in total. The number of aromatic nitrogens is 1. The molecule has 0 aliphatic carbocycles. The van der Waals surface area contributed by atoms with Gasteiger partial charge in [0, 0.05) is 29.2 Å². The first-order valence-electron chi connectivity index (χ1n) is 9.47. The average Bonchev–Trinajstić information content (AvgIpc) is 3.11. The Kier molecular flexibility index (Phi) is 5.55. The third-order valence-electron chi connectivity index (χ3n) is 4.65. The lowest BCUT2D eigenvalue weighted by molar-refractivity contribution is -0.114. The number of thiophene rings is 1. The highest BCUT2D eigenvalue weighted by molar-refractivity contribution is 7.21. The number of methoxy groups -OCH3 is 1. The van der Waals surface area contributed by atoms with E-state index in [0.717, 1.165) is 22.4 Å². The Morgan fingerprint density at radius 2 is 1.58 bits per heavy atom. The Bertz CT molecular complexity index is 1260. The number of hydrogen-bond acceptors (Lipinski definition) is 6. The van der Waals surface area contributed by atoms with Crippen LogP contribution in [0.2, 0.25) is 0 Å². The number of pyridine rings is 1. The second kappa shape index (κ2) is 8.45. The number of nitrogens with zero attached hydrogens (tertiary/aromatic N) is 1. The van der Waals surface area contributed by atoms with E-state index in [9.17, 15) is 9.59 Å². The molecule has 0 saturated heterocycles. The number of ether oxygens (including phenoxy) is 1. The van der Waals surface area contributed by atoms with Crippen LogP contribution in [0.5, 0.6) is 5.75 Å². The summed E-state index contributed by atoms with van der Waals surface area (Å²) in [7, 11) is 1.62. The molecule has 0 spiro atoms. The van der Waals surface area contributed by atoms with E-state index < -0.39 is 0 Å². The van der Waals surface area contributed by atoms with Gasteiger partial charge in [0.1, 0.15) is 15.5 Å². The summed E-state index contributed by atoms with van der Waals surface area (Å²) in [5.74, 6) is 0.310. The summed E-state index contributed by atoms with van der Waals surface area (Å²) in [5, 5.41) is 6.26. The van der Waals surface area contributed by atoms with E-state index in [-0.39, 0.29) is 11.8 Å². The highest BCUT2D eigenvalue weighted by Gasteiger charge is 2.18. The number of nitrogens with one attached hydrogen (secondary N) is 2. The number of carbonyl (C=O) groups excluding carboxylic acids is 2. The predicted octanol–water partition coefficient (Wildman–Crippen LogP) is 4.76. The fourth-order valence-corrected chi connectivity index (χ4v) is 4.11. The molecular weight excluding hydrogens is 412 g/mol. The number of fused-ring (bicyclic) bond motifs is 1. The number of anilines is 3. The molecule has 0 fully saturated rings. The van der Waals surface area contributed by atoms with E-state index in [1.165, 1.54) is 18.3 Å². The number of amides is 2. The van der Waals surface area contributed by atoms with Crippen LogP contribution in [0.4, 0.5) is 17.1 Å². The summed E-state index contributed by atoms with van der Waals surface area (Å²) < 4.78 is 5.20. The van der Waals surface area contributed by atoms with Crippen LogP contribution in [0.1, 0.15) is 16.6 Å². The second-order valence-electron chi connectivity index (χ2n) is 6.84. The molecule has 8 heteroatoms. The SMILES string of the molecule is COc1ccc(-c2ccc3c(N)c(C(=O)Nc4ccc(NC(C)=O)cc4)sc3n2)cc1. The largest absolute Gasteiger partial charge is 0.497 e. The molecule has 0 aliphatic rings. The molecule has 4 aromatic rings. The molecular formula is C23H20N4O3S. The first kappa shape index (κ1) is 20.4. The molecule has 4 N–H and O–H groups in total. The first-order valence-corrected chi connectivity index (χ1v) is 10.3. The van der Waals surface area contributed by atoms with Crippen molar-refractivity contribution >= 4 is 50.4 Å². The van der Waals surface area contributed by atoms with Gasteiger partial charge in [-0.15, -0.1) is 11.3 Å². The van der Waals surface area contributed by atoms with E-state index in [4.69, 9.17) is 10.5 Å². The molecule has 2 heterocycles. The zero-order valence-corrected chi connectivity index (χ0v) is 17.7. The van der Waals surface area contributed by atoms with Gasteiger partial charge in [-0.2, -0.15) is 0 Å². The maximum absolute atomic E-state index is 12.8. The van der Waals surface area contributed by atoms with Crippen molar-refractivity contribution in [2.75, 3.05) is 23.5 Å². The highest BCUT2D eigenvalue weighted by Crippen LogP contribution is 2.35. The Hall–Kier alpha value is -3.91. The molecule has 2 amide bonds. The van der Waals surface area contributed by atoms with Crippen LogP contribution >= 0.6 is 11.3 Å². The fourth-order valence-electron chi connectivity index (χ4n) is 3.12. The van der Waals surface area contributed by atoms with Gasteiger partial charge >= 0.3 is 0 Å². The van der Waals surface area contributed by atoms with Crippen LogP contribution in [0, 0.1) is 0 Å². The molecule has 31 heavy (non-hydrogen) atoms. The van der Waals surface area contributed by atoms with Crippen molar-refractivity contribution < 1.29 is 14.3 Å². The van der Waals surface area contributed by atoms with Crippen LogP contribution in [-0.2, 0) is 4.79 Å². The number of benzene rings is 2. The van der Waals surface area contributed by atoms with Gasteiger partial charge in [-0.3, -0.25) is 9.59 Å². The van der Waals surface area contributed by atoms with Gasteiger partial charge in [-0.25, -0.2) is 4.98 Å². The van der Waals surface area contributed by atoms with Gasteiger partial charge in [0.05, 0.1) is 18.5 Å². The molecule has 0 unspecified atom stereocenters. The molecule has 2 aromatic carbocycles. The van der Waals surface area contributed by atoms with Crippen LogP contribution in [0.15, 0.2) is 60.7 Å². The van der Waals surface area contributed by atoms with Gasteiger partial charge in [-0.05, 0) is 60.7 Å². The lowest BCUT2D eigenvalue weighted by Crippen LogP contribution is -2.12. The van der Waals surface area contributed by atoms with Crippen molar-refractivity contribution in [2.24, 2.45) is 0 Å². The van der Waals surface area contributed by atoms with Crippen molar-refractivity contribution in [2.45, 2.75) is 6.92 Å². The molecule has 0 saturated carbocycles. The Balaban J connectivity index is 1.57. The lowest BCUT2D eigenvalue weighted by atomic mass is 10.1. The third kappa shape index (κ3) is 4.34. The smallest absolute Gasteiger partial charge is 0.267 e. The molecule has 4 rings (SSSR count). The van der Waals surface area contributed by atoms with E-state index in [0.29, 0.717) is 26.8 Å². The second-order valence-corrected chi connectivity index (χ2v) is 7.83. The number of nitrogen functional groups attached to an aromatic ring is 1. The van der Waals surface area contributed by atoms with Crippen LogP contribution in [-0.4, -0.2) is 23.9 Å². The summed E-state index contributed by atoms with van der Waals surface area (Å²) >= 11 is 1.25. The maximum Gasteiger partial charge on any atom is 0.267 e. The number of carbonyl (C=O) groups is 2. The quantitative estimate of drug-likeness (QED) is 0.421. The average molecular weight is 433 g/mol. The van der Waals surface area contributed by atoms with E-state index in [1.807, 2.05) is 36.4 Å². The van der Waals surface area contributed by atoms with Crippen molar-refractivity contribution in [3.8, 4) is 17.0 Å². The van der Waals surface area contributed by atoms with Crippen molar-refractivity contribution in [1.82, 2.24) is 4.98 Å². The standard InChI is InChI=1S/C23H20N4O3S/c1-13(28)25-15-5-7-16(8-6-15)26-22(29)21-20(24)18-11-12-19(27-23(18)31-21)14-3-9-17(30-2)10-4-14/h3-12H,24H2,1-2H3,(H,25,28)(H,26,29). The van der Waals surface area contributed by atoms with Crippen molar-refractivity contribution in [3.05, 3.63) is 65.5 Å². The van der Waals surface area contributed by atoms with Crippen LogP contribution < -0.4 is 21.1 Å². The number of rotatable bonds is 5. The zero-order chi connectivity index (χ0) is 22.0. The minimum absolute atomic E-state index is 0.156. The normalized spacial score (nSPS) is 10.6. The first-order chi connectivity index (χ1) is 14.9. The van der Waals surface area contributed by atoms with Gasteiger partial charge in [0.25, 0.3) is 5.91 Å². The Labute approximate surface area is 182 Å². The minimum Gasteiger partial charge on any atom is -0.497 e. The van der Waals surface area contributed by atoms with Gasteiger partial charge in [0.15, 0.2) is 0 Å². The molecule has 0 aliphatic heterocycles. The van der Waals surface area contributed by atoms with Gasteiger partial charge in [-0.1, -0.05) is 0 Å². The van der Waals surface area contributed by atoms with Crippen molar-refractivity contribution in [1.29, 1.82) is 0 Å². The topological polar surface area (TPSA) is 106 Å². The molecule has 0 bridgehead atoms. The summed E-state index contributed by atoms with van der Waals surface area (Å²) in [5.41, 5.74) is 9.64. The zero-order valence-electron chi connectivity index (χ0n) is 16.9. The molecule has 2 aromatic heterocycles. The van der Waals surface area contributed by atoms with Crippen LogP contribution in [0.3, 0.4) is 0 Å². The van der Waals surface area contributed by atoms with Gasteiger partial charge < -0.3 is 21.1 Å². The third-order valence-corrected chi connectivity index (χ3v) is 5.76. The predicted molar refractivity (Wildman–Crippen MR) is 125 cm³/mol. The fraction of sp³-hybridized carbons (Fsp3) is 0.0870. The molecule has 0 atom stereocenters. The summed E-state index contributed by atoms with van der Waals surface area (Å²) in [6.45, 7) is 1.44. The van der Waals surface area contributed by atoms with Crippen molar-refractivity contribution in [3.63, 3.8) is 0 Å². The number of nitrogens with two attached hydrogens (primary N) is 1. The minimum atomic E-state index is -0.307. The number of hydrogen-bond donors (Lipinski definition) is 3. The Morgan fingerprint density at radius 3 is 2.19 bits per heavy atom. The van der Waals surface area contributed by atoms with Gasteiger partial charge in [0.2, 0.25) is 5.91 Å². The van der Waals surface area contributed by atoms with Crippen LogP contribution in [0.25, 0.3) is 21.5 Å². The monoisotopic (exact) mass is 432 g/mol. The highest BCUT2D eigenvalue weighted by atomic mass is 32.1. The summed E-state index contributed by atoms with van der Waals surface area (Å²) in [6.07, 6.45) is 0.